The fourth-order valence-electron chi connectivity index (χ4n) is 3.60. The van der Waals surface area contributed by atoms with Gasteiger partial charge in [0.15, 0.2) is 5.11 Å². The molecule has 1 aliphatic rings. The van der Waals surface area contributed by atoms with Crippen LogP contribution in [0.1, 0.15) is 24.1 Å². The Balaban J connectivity index is 2.04. The van der Waals surface area contributed by atoms with Crippen molar-refractivity contribution in [3.8, 4) is 0 Å². The van der Waals surface area contributed by atoms with Crippen molar-refractivity contribution in [1.82, 2.24) is 5.32 Å². The number of hydrogen-bond donors (Lipinski definition) is 2. The number of aliphatic hydroxyl groups excluding tert-OH is 1. The normalized spacial score (nSPS) is 16.3. The summed E-state index contributed by atoms with van der Waals surface area (Å²) < 4.78 is 19.2. The minimum absolute atomic E-state index is 0.0561. The zero-order valence-corrected chi connectivity index (χ0v) is 18.8. The first-order valence-corrected chi connectivity index (χ1v) is 10.3. The van der Waals surface area contributed by atoms with E-state index in [1.807, 2.05) is 36.2 Å². The summed E-state index contributed by atoms with van der Waals surface area (Å²) >= 11 is 5.59. The van der Waals surface area contributed by atoms with Gasteiger partial charge in [-0.2, -0.15) is 0 Å². The van der Waals surface area contributed by atoms with E-state index in [0.29, 0.717) is 34.2 Å². The molecule has 3 rings (SSSR count). The van der Waals surface area contributed by atoms with Gasteiger partial charge in [-0.25, -0.2) is 9.18 Å². The predicted octanol–water partition coefficient (Wildman–Crippen LogP) is 3.45. The lowest BCUT2D eigenvalue weighted by molar-refractivity contribution is -0.136. The molecule has 0 spiro atoms. The van der Waals surface area contributed by atoms with Gasteiger partial charge in [0, 0.05) is 25.0 Å². The fourth-order valence-corrected chi connectivity index (χ4v) is 3.96. The number of nitrogens with zero attached hydrogens (tertiary/aromatic N) is 2. The first-order chi connectivity index (χ1) is 14.8. The molecule has 31 heavy (non-hydrogen) atoms. The van der Waals surface area contributed by atoms with Gasteiger partial charge in [0.1, 0.15) is 5.82 Å². The van der Waals surface area contributed by atoms with Crippen molar-refractivity contribution in [3.05, 3.63) is 70.7 Å². The molecule has 8 heteroatoms. The van der Waals surface area contributed by atoms with Crippen molar-refractivity contribution >= 4 is 34.7 Å². The van der Waals surface area contributed by atoms with Crippen LogP contribution in [-0.4, -0.2) is 43.5 Å². The lowest BCUT2D eigenvalue weighted by Gasteiger charge is -2.37. The molecule has 0 amide bonds. The number of esters is 1. The van der Waals surface area contributed by atoms with E-state index in [-0.39, 0.29) is 12.4 Å². The predicted molar refractivity (Wildman–Crippen MR) is 124 cm³/mol. The molecule has 1 heterocycles. The van der Waals surface area contributed by atoms with Crippen molar-refractivity contribution in [2.75, 3.05) is 37.1 Å². The number of hydrogen-bond acceptors (Lipinski definition) is 5. The van der Waals surface area contributed by atoms with Crippen molar-refractivity contribution < 1.29 is 19.0 Å². The molecule has 2 aromatic carbocycles. The Kier molecular flexibility index (Phi) is 6.92. The van der Waals surface area contributed by atoms with Crippen molar-refractivity contribution in [3.63, 3.8) is 0 Å². The molecule has 0 aliphatic carbocycles. The van der Waals surface area contributed by atoms with Gasteiger partial charge >= 0.3 is 5.97 Å². The zero-order valence-electron chi connectivity index (χ0n) is 18.0. The third kappa shape index (κ3) is 4.55. The number of anilines is 2. The van der Waals surface area contributed by atoms with E-state index in [2.05, 4.69) is 5.32 Å². The highest BCUT2D eigenvalue weighted by molar-refractivity contribution is 7.80. The van der Waals surface area contributed by atoms with Crippen molar-refractivity contribution in [2.24, 2.45) is 0 Å². The second-order valence-corrected chi connectivity index (χ2v) is 7.77. The Morgan fingerprint density at radius 1 is 1.26 bits per heavy atom. The fraction of sp³-hybridized carbons (Fsp3) is 0.304. The van der Waals surface area contributed by atoms with Crippen LogP contribution in [0.15, 0.2) is 53.7 Å². The van der Waals surface area contributed by atoms with Crippen LogP contribution in [0.25, 0.3) is 0 Å². The van der Waals surface area contributed by atoms with Crippen LogP contribution in [0.5, 0.6) is 0 Å². The first-order valence-electron chi connectivity index (χ1n) is 9.86. The summed E-state index contributed by atoms with van der Waals surface area (Å²) in [5, 5.41) is 12.7. The second-order valence-electron chi connectivity index (χ2n) is 7.38. The van der Waals surface area contributed by atoms with E-state index >= 15 is 0 Å². The van der Waals surface area contributed by atoms with Crippen LogP contribution >= 0.6 is 12.2 Å². The molecule has 1 aliphatic heterocycles. The summed E-state index contributed by atoms with van der Waals surface area (Å²) in [4.78, 5) is 16.3. The summed E-state index contributed by atoms with van der Waals surface area (Å²) in [6.07, 6.45) is 0. The largest absolute Gasteiger partial charge is 0.466 e. The SMILES string of the molecule is COC(=O)C1=C(C)N(c2ccc(C)c(F)c2)C(=S)N[C@H]1c1ccc(N(C)CCO)cc1. The molecule has 164 valence electrons. The molecular weight excluding hydrogens is 417 g/mol. The number of carbonyl (C=O) groups excluding carboxylic acids is 1. The molecule has 2 aromatic rings. The highest BCUT2D eigenvalue weighted by atomic mass is 32.1. The number of nitrogens with one attached hydrogen (secondary N) is 1. The maximum Gasteiger partial charge on any atom is 0.337 e. The Labute approximate surface area is 186 Å². The lowest BCUT2D eigenvalue weighted by atomic mass is 9.94. The van der Waals surface area contributed by atoms with E-state index < -0.39 is 12.0 Å². The maximum absolute atomic E-state index is 14.2. The average molecular weight is 444 g/mol. The third-order valence-electron chi connectivity index (χ3n) is 5.41. The quantitative estimate of drug-likeness (QED) is 0.524. The molecular formula is C23H26FN3O3S. The smallest absolute Gasteiger partial charge is 0.337 e. The Morgan fingerprint density at radius 3 is 2.52 bits per heavy atom. The average Bonchev–Trinajstić information content (AvgIpc) is 2.75. The van der Waals surface area contributed by atoms with Gasteiger partial charge in [0.05, 0.1) is 31.0 Å². The third-order valence-corrected chi connectivity index (χ3v) is 5.71. The Morgan fingerprint density at radius 2 is 1.94 bits per heavy atom. The van der Waals surface area contributed by atoms with Crippen LogP contribution in [0.4, 0.5) is 15.8 Å². The zero-order chi connectivity index (χ0) is 22.7. The number of halogens is 1. The molecule has 2 N–H and O–H groups in total. The molecule has 0 aromatic heterocycles. The van der Waals surface area contributed by atoms with E-state index in [4.69, 9.17) is 22.1 Å². The molecule has 0 fully saturated rings. The minimum Gasteiger partial charge on any atom is -0.466 e. The lowest BCUT2D eigenvalue weighted by Crippen LogP contribution is -2.48. The number of aryl methyl sites for hydroxylation is 1. The van der Waals surface area contributed by atoms with Gasteiger partial charge in [-0.05, 0) is 61.5 Å². The number of rotatable bonds is 6. The molecule has 1 atom stereocenters. The number of aliphatic hydroxyl groups is 1. The molecule has 0 bridgehead atoms. The monoisotopic (exact) mass is 443 g/mol. The second kappa shape index (κ2) is 9.45. The van der Waals surface area contributed by atoms with Crippen molar-refractivity contribution in [2.45, 2.75) is 19.9 Å². The number of carbonyl (C=O) groups is 1. The first kappa shape index (κ1) is 22.7. The topological polar surface area (TPSA) is 65.0 Å². The number of allylic oxidation sites excluding steroid dienone is 1. The highest BCUT2D eigenvalue weighted by Crippen LogP contribution is 2.35. The number of methoxy groups -OCH3 is 1. The molecule has 0 radical (unpaired) electrons. The molecule has 0 saturated heterocycles. The van der Waals surface area contributed by atoms with Gasteiger partial charge in [-0.1, -0.05) is 18.2 Å². The molecule has 0 unspecified atom stereocenters. The van der Waals surface area contributed by atoms with Gasteiger partial charge in [0.25, 0.3) is 0 Å². The molecule has 6 nitrogen and oxygen atoms in total. The minimum atomic E-state index is -0.510. The van der Waals surface area contributed by atoms with Gasteiger partial charge < -0.3 is 20.1 Å². The number of benzene rings is 2. The summed E-state index contributed by atoms with van der Waals surface area (Å²) in [6, 6.07) is 12.0. The summed E-state index contributed by atoms with van der Waals surface area (Å²) in [5.74, 6) is -0.839. The standard InChI is InChI=1S/C23H26FN3O3S/c1-14-5-8-18(13-19(14)24)27-15(2)20(22(29)30-4)21(25-23(27)31)16-6-9-17(10-7-16)26(3)11-12-28/h5-10,13,21,28H,11-12H2,1-4H3,(H,25,31)/t21-/m0/s1. The summed E-state index contributed by atoms with van der Waals surface area (Å²) in [6.45, 7) is 4.03. The van der Waals surface area contributed by atoms with E-state index in [1.54, 1.807) is 30.9 Å². The number of thiocarbonyl (C=S) groups is 1. The number of ether oxygens (including phenoxy) is 1. The van der Waals surface area contributed by atoms with Gasteiger partial charge in [-0.3, -0.25) is 4.90 Å². The van der Waals surface area contributed by atoms with Crippen LogP contribution in [0.3, 0.4) is 0 Å². The highest BCUT2D eigenvalue weighted by Gasteiger charge is 2.35. The van der Waals surface area contributed by atoms with Gasteiger partial charge in [0.2, 0.25) is 0 Å². The van der Waals surface area contributed by atoms with E-state index in [0.717, 1.165) is 11.3 Å². The van der Waals surface area contributed by atoms with Crippen LogP contribution in [0, 0.1) is 12.7 Å². The van der Waals surface area contributed by atoms with Crippen LogP contribution in [-0.2, 0) is 9.53 Å². The van der Waals surface area contributed by atoms with Crippen LogP contribution in [0.2, 0.25) is 0 Å². The Hall–Kier alpha value is -2.97. The maximum atomic E-state index is 14.2. The number of likely N-dealkylation sites (N-methyl/N-ethyl adjacent to an activating group) is 1. The Bertz CT molecular complexity index is 1020. The van der Waals surface area contributed by atoms with E-state index in [1.165, 1.54) is 13.2 Å². The van der Waals surface area contributed by atoms with Gasteiger partial charge in [-0.15, -0.1) is 0 Å². The van der Waals surface area contributed by atoms with E-state index in [9.17, 15) is 9.18 Å². The summed E-state index contributed by atoms with van der Waals surface area (Å²) in [7, 11) is 3.22. The summed E-state index contributed by atoms with van der Waals surface area (Å²) in [5.41, 5.74) is 3.79. The van der Waals surface area contributed by atoms with Crippen LogP contribution < -0.4 is 15.1 Å². The van der Waals surface area contributed by atoms with Crippen molar-refractivity contribution in [1.29, 1.82) is 0 Å². The molecule has 0 saturated carbocycles.